The van der Waals surface area contributed by atoms with E-state index in [4.69, 9.17) is 4.74 Å². The quantitative estimate of drug-likeness (QED) is 0.792. The third kappa shape index (κ3) is 4.64. The molecular formula is C14H17BrN2O3S. The Morgan fingerprint density at radius 3 is 2.86 bits per heavy atom. The zero-order valence-electron chi connectivity index (χ0n) is 12.0. The van der Waals surface area contributed by atoms with Crippen LogP contribution in [0.4, 0.5) is 10.5 Å². The normalized spacial score (nSPS) is 18.3. The predicted octanol–water partition coefficient (Wildman–Crippen LogP) is 3.39. The van der Waals surface area contributed by atoms with Crippen LogP contribution in [0.15, 0.2) is 27.6 Å². The minimum atomic E-state index is -0.629. The van der Waals surface area contributed by atoms with Crippen LogP contribution in [0.1, 0.15) is 20.8 Å². The molecule has 2 rings (SSSR count). The molecule has 1 unspecified atom stereocenters. The molecule has 2 amide bonds. The molecule has 0 saturated heterocycles. The van der Waals surface area contributed by atoms with Crippen LogP contribution in [0.5, 0.6) is 0 Å². The number of alkyl carbamates (subject to hydrolysis) is 1. The molecular weight excluding hydrogens is 356 g/mol. The Bertz CT molecular complexity index is 572. The van der Waals surface area contributed by atoms with Crippen molar-refractivity contribution in [2.24, 2.45) is 0 Å². The number of nitrogens with one attached hydrogen (secondary N) is 2. The minimum Gasteiger partial charge on any atom is -0.444 e. The molecule has 0 aliphatic carbocycles. The monoisotopic (exact) mass is 372 g/mol. The number of amides is 2. The van der Waals surface area contributed by atoms with Gasteiger partial charge in [-0.3, -0.25) is 4.79 Å². The molecule has 0 aromatic heterocycles. The molecule has 0 radical (unpaired) electrons. The summed E-state index contributed by atoms with van der Waals surface area (Å²) in [7, 11) is 0. The van der Waals surface area contributed by atoms with Gasteiger partial charge in [-0.2, -0.15) is 0 Å². The van der Waals surface area contributed by atoms with Crippen molar-refractivity contribution < 1.29 is 14.3 Å². The summed E-state index contributed by atoms with van der Waals surface area (Å²) in [6.07, 6.45) is -0.588. The summed E-state index contributed by atoms with van der Waals surface area (Å²) in [5.41, 5.74) is 0.161. The van der Waals surface area contributed by atoms with E-state index in [1.807, 2.05) is 18.2 Å². The molecule has 0 saturated carbocycles. The van der Waals surface area contributed by atoms with Gasteiger partial charge in [-0.1, -0.05) is 15.9 Å². The van der Waals surface area contributed by atoms with E-state index in [0.29, 0.717) is 5.75 Å². The lowest BCUT2D eigenvalue weighted by Gasteiger charge is -2.22. The number of anilines is 1. The first kappa shape index (κ1) is 16.2. The van der Waals surface area contributed by atoms with E-state index in [1.165, 1.54) is 11.8 Å². The summed E-state index contributed by atoms with van der Waals surface area (Å²) in [5, 5.41) is 5.43. The van der Waals surface area contributed by atoms with E-state index in [-0.39, 0.29) is 5.91 Å². The summed E-state index contributed by atoms with van der Waals surface area (Å²) >= 11 is 4.92. The Labute approximate surface area is 136 Å². The highest BCUT2D eigenvalue weighted by atomic mass is 79.9. The molecule has 5 nitrogen and oxygen atoms in total. The fraction of sp³-hybridized carbons (Fsp3) is 0.429. The molecule has 114 valence electrons. The van der Waals surface area contributed by atoms with Gasteiger partial charge in [0.05, 0.1) is 5.69 Å². The van der Waals surface area contributed by atoms with Crippen LogP contribution in [0.3, 0.4) is 0 Å². The molecule has 7 heteroatoms. The summed E-state index contributed by atoms with van der Waals surface area (Å²) in [6.45, 7) is 5.34. The fourth-order valence-corrected chi connectivity index (χ4v) is 3.32. The zero-order valence-corrected chi connectivity index (χ0v) is 14.4. The van der Waals surface area contributed by atoms with E-state index >= 15 is 0 Å². The van der Waals surface area contributed by atoms with Gasteiger partial charge in [0, 0.05) is 15.1 Å². The molecule has 1 aliphatic rings. The molecule has 2 N–H and O–H groups in total. The first-order valence-corrected chi connectivity index (χ1v) is 8.25. The molecule has 1 aliphatic heterocycles. The Hall–Kier alpha value is -1.21. The third-order valence-corrected chi connectivity index (χ3v) is 4.26. The van der Waals surface area contributed by atoms with Crippen molar-refractivity contribution in [2.45, 2.75) is 37.3 Å². The van der Waals surface area contributed by atoms with Crippen LogP contribution in [0, 0.1) is 0 Å². The lowest BCUT2D eigenvalue weighted by atomic mass is 10.2. The largest absolute Gasteiger partial charge is 0.444 e. The van der Waals surface area contributed by atoms with E-state index in [0.717, 1.165) is 15.1 Å². The summed E-state index contributed by atoms with van der Waals surface area (Å²) in [4.78, 5) is 24.9. The van der Waals surface area contributed by atoms with Crippen molar-refractivity contribution in [2.75, 3.05) is 11.1 Å². The Morgan fingerprint density at radius 1 is 1.48 bits per heavy atom. The number of carbonyl (C=O) groups is 2. The van der Waals surface area contributed by atoms with Crippen LogP contribution < -0.4 is 10.6 Å². The SMILES string of the molecule is CC(C)(C)OC(=O)NC1CSc2cc(Br)ccc2NC1=O. The van der Waals surface area contributed by atoms with Crippen molar-refractivity contribution in [3.05, 3.63) is 22.7 Å². The average molecular weight is 373 g/mol. The zero-order chi connectivity index (χ0) is 15.6. The Morgan fingerprint density at radius 2 is 2.19 bits per heavy atom. The maximum atomic E-state index is 12.2. The van der Waals surface area contributed by atoms with Crippen LogP contribution in [0.25, 0.3) is 0 Å². The van der Waals surface area contributed by atoms with Gasteiger partial charge in [-0.05, 0) is 39.0 Å². The molecule has 0 fully saturated rings. The molecule has 1 atom stereocenters. The number of ether oxygens (including phenoxy) is 1. The minimum absolute atomic E-state index is 0.241. The lowest BCUT2D eigenvalue weighted by Crippen LogP contribution is -2.46. The summed E-state index contributed by atoms with van der Waals surface area (Å²) in [5.74, 6) is 0.212. The topological polar surface area (TPSA) is 67.4 Å². The number of carbonyl (C=O) groups excluding carboxylic acids is 2. The van der Waals surface area contributed by atoms with Crippen molar-refractivity contribution >= 4 is 45.4 Å². The number of hydrogen-bond donors (Lipinski definition) is 2. The van der Waals surface area contributed by atoms with E-state index in [9.17, 15) is 9.59 Å². The first-order chi connectivity index (χ1) is 9.74. The van der Waals surface area contributed by atoms with E-state index in [1.54, 1.807) is 20.8 Å². The van der Waals surface area contributed by atoms with Gasteiger partial charge in [0.1, 0.15) is 11.6 Å². The Balaban J connectivity index is 2.05. The van der Waals surface area contributed by atoms with Crippen molar-refractivity contribution in [3.63, 3.8) is 0 Å². The van der Waals surface area contributed by atoms with Gasteiger partial charge in [-0.15, -0.1) is 11.8 Å². The van der Waals surface area contributed by atoms with Crippen LogP contribution >= 0.6 is 27.7 Å². The van der Waals surface area contributed by atoms with Gasteiger partial charge < -0.3 is 15.4 Å². The number of halogens is 1. The third-order valence-electron chi connectivity index (χ3n) is 2.61. The van der Waals surface area contributed by atoms with Gasteiger partial charge >= 0.3 is 6.09 Å². The van der Waals surface area contributed by atoms with Crippen LogP contribution in [-0.2, 0) is 9.53 Å². The molecule has 0 spiro atoms. The molecule has 0 bridgehead atoms. The highest BCUT2D eigenvalue weighted by Gasteiger charge is 2.27. The highest BCUT2D eigenvalue weighted by molar-refractivity contribution is 9.10. The first-order valence-electron chi connectivity index (χ1n) is 6.47. The number of fused-ring (bicyclic) bond motifs is 1. The smallest absolute Gasteiger partial charge is 0.408 e. The molecule has 1 aromatic carbocycles. The summed E-state index contributed by atoms with van der Waals surface area (Å²) in [6, 6.07) is 5.01. The van der Waals surface area contributed by atoms with Gasteiger partial charge in [0.25, 0.3) is 0 Å². The fourth-order valence-electron chi connectivity index (χ4n) is 1.74. The van der Waals surface area contributed by atoms with E-state index < -0.39 is 17.7 Å². The Kier molecular flexibility index (Phi) is 4.83. The number of rotatable bonds is 1. The van der Waals surface area contributed by atoms with Gasteiger partial charge in [0.15, 0.2) is 0 Å². The highest BCUT2D eigenvalue weighted by Crippen LogP contribution is 2.33. The standard InChI is InChI=1S/C14H17BrN2O3S/c1-14(2,3)20-13(19)17-10-7-21-11-6-8(15)4-5-9(11)16-12(10)18/h4-6,10H,7H2,1-3H3,(H,16,18)(H,17,19). The average Bonchev–Trinajstić information content (AvgIpc) is 2.48. The van der Waals surface area contributed by atoms with Gasteiger partial charge in [-0.25, -0.2) is 4.79 Å². The van der Waals surface area contributed by atoms with Crippen molar-refractivity contribution in [3.8, 4) is 0 Å². The molecule has 1 aromatic rings. The second kappa shape index (κ2) is 6.27. The second-order valence-electron chi connectivity index (χ2n) is 5.64. The maximum absolute atomic E-state index is 12.2. The van der Waals surface area contributed by atoms with E-state index in [2.05, 4.69) is 26.6 Å². The second-order valence-corrected chi connectivity index (χ2v) is 7.62. The van der Waals surface area contributed by atoms with Crippen molar-refractivity contribution in [1.29, 1.82) is 0 Å². The van der Waals surface area contributed by atoms with Crippen LogP contribution in [0.2, 0.25) is 0 Å². The predicted molar refractivity (Wildman–Crippen MR) is 86.7 cm³/mol. The number of thioether (sulfide) groups is 1. The van der Waals surface area contributed by atoms with Crippen molar-refractivity contribution in [1.82, 2.24) is 5.32 Å². The maximum Gasteiger partial charge on any atom is 0.408 e. The molecule has 1 heterocycles. The number of benzene rings is 1. The van der Waals surface area contributed by atoms with Crippen LogP contribution in [-0.4, -0.2) is 29.4 Å². The lowest BCUT2D eigenvalue weighted by molar-refractivity contribution is -0.117. The molecule has 21 heavy (non-hydrogen) atoms. The number of hydrogen-bond acceptors (Lipinski definition) is 4. The summed E-state index contributed by atoms with van der Waals surface area (Å²) < 4.78 is 6.12. The van der Waals surface area contributed by atoms with Gasteiger partial charge in [0.2, 0.25) is 5.91 Å².